The van der Waals surface area contributed by atoms with Crippen molar-refractivity contribution in [3.63, 3.8) is 0 Å². The maximum absolute atomic E-state index is 11.6. The van der Waals surface area contributed by atoms with Gasteiger partial charge >= 0.3 is 17.1 Å². The summed E-state index contributed by atoms with van der Waals surface area (Å²) >= 11 is 0. The average molecular weight is 399 g/mol. The van der Waals surface area contributed by atoms with Crippen LogP contribution >= 0.6 is 12.4 Å². The Balaban J connectivity index is 0.00000261. The summed E-state index contributed by atoms with van der Waals surface area (Å²) in [6, 6.07) is 2.49. The smallest absolute Gasteiger partial charge is 0.314 e. The van der Waals surface area contributed by atoms with Crippen molar-refractivity contribution < 1.29 is 14.8 Å². The minimum Gasteiger partial charge on any atom is -0.481 e. The minimum atomic E-state index is -0.881. The van der Waals surface area contributed by atoms with Gasteiger partial charge in [0.15, 0.2) is 0 Å². The average Bonchev–Trinajstić information content (AvgIpc) is 2.60. The highest BCUT2D eigenvalue weighted by Crippen LogP contribution is 2.26. The van der Waals surface area contributed by atoms with Crippen molar-refractivity contribution in [2.75, 3.05) is 0 Å². The number of nitrogens with one attached hydrogen (secondary N) is 3. The maximum Gasteiger partial charge on any atom is 0.314 e. The molecular formula is C16H19ClN4O6. The molecule has 11 heteroatoms. The number of aromatic nitrogens is 2. The van der Waals surface area contributed by atoms with Crippen LogP contribution < -0.4 is 16.4 Å². The van der Waals surface area contributed by atoms with Crippen molar-refractivity contribution in [1.29, 1.82) is 0 Å². The Hall–Kier alpha value is -2.72. The van der Waals surface area contributed by atoms with Gasteiger partial charge in [0.1, 0.15) is 0 Å². The topological polar surface area (TPSA) is 158 Å². The standard InChI is InChI=1S/C16H18N4O6.ClH/c21-14-15(22)19-13-9(5-11(20(25)26)6-12(13)18-14)7-17-10-3-1-2-8(4-10)16(23)24;/h5-6,8,10,17H,1-4,7H2,(H,18,21)(H,19,22)(H,23,24);1H. The summed E-state index contributed by atoms with van der Waals surface area (Å²) in [4.78, 5) is 49.6. The quantitative estimate of drug-likeness (QED) is 0.335. The van der Waals surface area contributed by atoms with Gasteiger partial charge < -0.3 is 20.4 Å². The van der Waals surface area contributed by atoms with Gasteiger partial charge in [-0.05, 0) is 24.8 Å². The van der Waals surface area contributed by atoms with Gasteiger partial charge in [-0.1, -0.05) is 6.42 Å². The van der Waals surface area contributed by atoms with E-state index in [1.807, 2.05) is 0 Å². The number of carbonyl (C=O) groups is 1. The van der Waals surface area contributed by atoms with E-state index < -0.39 is 27.9 Å². The van der Waals surface area contributed by atoms with E-state index in [0.29, 0.717) is 23.9 Å². The van der Waals surface area contributed by atoms with Crippen molar-refractivity contribution in [1.82, 2.24) is 15.3 Å². The highest BCUT2D eigenvalue weighted by molar-refractivity contribution is 5.85. The lowest BCUT2D eigenvalue weighted by molar-refractivity contribution is -0.384. The Morgan fingerprint density at radius 1 is 1.26 bits per heavy atom. The Labute approximate surface area is 158 Å². The van der Waals surface area contributed by atoms with Gasteiger partial charge in [-0.3, -0.25) is 24.5 Å². The molecule has 1 aliphatic carbocycles. The van der Waals surface area contributed by atoms with E-state index in [9.17, 15) is 24.5 Å². The normalized spacial score (nSPS) is 19.4. The Kier molecular flexibility index (Phi) is 6.34. The molecule has 0 saturated heterocycles. The van der Waals surface area contributed by atoms with Crippen LogP contribution in [0.5, 0.6) is 0 Å². The maximum atomic E-state index is 11.6. The monoisotopic (exact) mass is 398 g/mol. The molecule has 1 aromatic carbocycles. The largest absolute Gasteiger partial charge is 0.481 e. The number of aromatic amines is 2. The number of halogens is 1. The number of nitro groups is 1. The molecule has 0 spiro atoms. The number of H-pyrrole nitrogens is 2. The molecule has 2 aromatic rings. The molecule has 0 radical (unpaired) electrons. The number of aliphatic carboxylic acids is 1. The second-order valence-electron chi connectivity index (χ2n) is 6.47. The summed E-state index contributed by atoms with van der Waals surface area (Å²) in [5, 5.41) is 23.5. The van der Waals surface area contributed by atoms with Gasteiger partial charge in [0.05, 0.1) is 21.9 Å². The zero-order chi connectivity index (χ0) is 18.8. The molecule has 10 nitrogen and oxygen atoms in total. The van der Waals surface area contributed by atoms with E-state index in [2.05, 4.69) is 15.3 Å². The lowest BCUT2D eigenvalue weighted by atomic mass is 9.85. The van der Waals surface area contributed by atoms with Crippen molar-refractivity contribution in [2.45, 2.75) is 38.3 Å². The summed E-state index contributed by atoms with van der Waals surface area (Å²) < 4.78 is 0. The van der Waals surface area contributed by atoms with Crippen LogP contribution in [0.4, 0.5) is 5.69 Å². The van der Waals surface area contributed by atoms with E-state index in [-0.39, 0.29) is 36.2 Å². The molecule has 2 atom stereocenters. The zero-order valence-electron chi connectivity index (χ0n) is 14.2. The highest BCUT2D eigenvalue weighted by Gasteiger charge is 2.26. The minimum absolute atomic E-state index is 0. The molecule has 1 saturated carbocycles. The van der Waals surface area contributed by atoms with Crippen LogP contribution in [-0.4, -0.2) is 32.0 Å². The number of rotatable bonds is 5. The second-order valence-corrected chi connectivity index (χ2v) is 6.47. The number of benzene rings is 1. The van der Waals surface area contributed by atoms with Gasteiger partial charge in [0, 0.05) is 24.7 Å². The van der Waals surface area contributed by atoms with Gasteiger partial charge in [0.2, 0.25) is 0 Å². The van der Waals surface area contributed by atoms with Crippen LogP contribution in [0.15, 0.2) is 21.7 Å². The highest BCUT2D eigenvalue weighted by atomic mass is 35.5. The molecule has 1 aromatic heterocycles. The van der Waals surface area contributed by atoms with Crippen molar-refractivity contribution in [3.05, 3.63) is 48.5 Å². The lowest BCUT2D eigenvalue weighted by Crippen LogP contribution is -2.36. The van der Waals surface area contributed by atoms with Crippen LogP contribution in [0.2, 0.25) is 0 Å². The Morgan fingerprint density at radius 2 is 1.96 bits per heavy atom. The number of nitro benzene ring substituents is 1. The van der Waals surface area contributed by atoms with Crippen LogP contribution in [0.3, 0.4) is 0 Å². The molecule has 1 aliphatic rings. The number of non-ortho nitro benzene ring substituents is 1. The van der Waals surface area contributed by atoms with Crippen molar-refractivity contribution in [2.24, 2.45) is 5.92 Å². The third kappa shape index (κ3) is 4.52. The molecule has 146 valence electrons. The van der Waals surface area contributed by atoms with E-state index in [0.717, 1.165) is 12.8 Å². The van der Waals surface area contributed by atoms with Gasteiger partial charge in [-0.25, -0.2) is 0 Å². The number of hydrogen-bond donors (Lipinski definition) is 4. The third-order valence-corrected chi connectivity index (χ3v) is 4.71. The van der Waals surface area contributed by atoms with Crippen molar-refractivity contribution in [3.8, 4) is 0 Å². The summed E-state index contributed by atoms with van der Waals surface area (Å²) in [6.45, 7) is 0.206. The molecule has 0 amide bonds. The first-order valence-electron chi connectivity index (χ1n) is 8.25. The SMILES string of the molecule is Cl.O=C(O)C1CCCC(NCc2cc([N+](=O)[O-])cc3[nH]c(=O)c(=O)[nH]c23)C1. The lowest BCUT2D eigenvalue weighted by Gasteiger charge is -2.27. The molecule has 0 bridgehead atoms. The summed E-state index contributed by atoms with van der Waals surface area (Å²) in [6.07, 6.45) is 2.72. The van der Waals surface area contributed by atoms with Crippen LogP contribution in [0, 0.1) is 16.0 Å². The Morgan fingerprint density at radius 3 is 2.63 bits per heavy atom. The number of hydrogen-bond acceptors (Lipinski definition) is 6. The number of carboxylic acid groups (broad SMARTS) is 1. The molecule has 3 rings (SSSR count). The molecule has 27 heavy (non-hydrogen) atoms. The second kappa shape index (κ2) is 8.31. The van der Waals surface area contributed by atoms with Gasteiger partial charge in [-0.15, -0.1) is 12.4 Å². The molecule has 2 unspecified atom stereocenters. The summed E-state index contributed by atoms with van der Waals surface area (Å²) in [5.74, 6) is -1.22. The van der Waals surface area contributed by atoms with E-state index in [1.165, 1.54) is 12.1 Å². The fourth-order valence-electron chi connectivity index (χ4n) is 3.38. The Bertz CT molecular complexity index is 985. The molecular weight excluding hydrogens is 380 g/mol. The summed E-state index contributed by atoms with van der Waals surface area (Å²) in [7, 11) is 0. The van der Waals surface area contributed by atoms with E-state index in [4.69, 9.17) is 5.11 Å². The first-order chi connectivity index (χ1) is 12.3. The van der Waals surface area contributed by atoms with Gasteiger partial charge in [-0.2, -0.15) is 0 Å². The first-order valence-corrected chi connectivity index (χ1v) is 8.25. The molecule has 4 N–H and O–H groups in total. The number of fused-ring (bicyclic) bond motifs is 1. The number of carboxylic acids is 1. The van der Waals surface area contributed by atoms with Gasteiger partial charge in [0.25, 0.3) is 5.69 Å². The predicted molar refractivity (Wildman–Crippen MR) is 99.3 cm³/mol. The van der Waals surface area contributed by atoms with E-state index >= 15 is 0 Å². The van der Waals surface area contributed by atoms with Crippen molar-refractivity contribution >= 4 is 35.1 Å². The fourth-order valence-corrected chi connectivity index (χ4v) is 3.38. The van der Waals surface area contributed by atoms with Crippen LogP contribution in [-0.2, 0) is 11.3 Å². The third-order valence-electron chi connectivity index (χ3n) is 4.71. The van der Waals surface area contributed by atoms with Crippen LogP contribution in [0.25, 0.3) is 11.0 Å². The fraction of sp³-hybridized carbons (Fsp3) is 0.438. The molecule has 1 fully saturated rings. The summed E-state index contributed by atoms with van der Waals surface area (Å²) in [5.41, 5.74) is -0.972. The predicted octanol–water partition coefficient (Wildman–Crippen LogP) is 1.28. The van der Waals surface area contributed by atoms with E-state index in [1.54, 1.807) is 0 Å². The first kappa shape index (κ1) is 20.6. The molecule has 0 aliphatic heterocycles. The van der Waals surface area contributed by atoms with Crippen LogP contribution in [0.1, 0.15) is 31.2 Å². The zero-order valence-corrected chi connectivity index (χ0v) is 15.0. The molecule has 1 heterocycles. The number of nitrogens with zero attached hydrogens (tertiary/aromatic N) is 1.